The summed E-state index contributed by atoms with van der Waals surface area (Å²) in [5.41, 5.74) is 0.906. The van der Waals surface area contributed by atoms with Crippen LogP contribution in [0.1, 0.15) is 39.5 Å². The zero-order valence-corrected chi connectivity index (χ0v) is 8.71. The molecule has 0 amide bonds. The molecule has 0 aliphatic heterocycles. The Balaban J connectivity index is 1.98. The molecule has 2 bridgehead atoms. The Morgan fingerprint density at radius 1 is 1.23 bits per heavy atom. The number of fused-ring (bicyclic) bond motifs is 2. The summed E-state index contributed by atoms with van der Waals surface area (Å²) in [7, 11) is 0. The van der Waals surface area contributed by atoms with Crippen LogP contribution in [-0.2, 0) is 0 Å². The summed E-state index contributed by atoms with van der Waals surface area (Å²) in [6, 6.07) is 0. The second kappa shape index (κ2) is 2.13. The Hall–Kier alpha value is -0.0400. The predicted molar refractivity (Wildman–Crippen MR) is 52.2 cm³/mol. The fraction of sp³-hybridized carbons (Fsp3) is 1.00. The highest BCUT2D eigenvalue weighted by Gasteiger charge is 2.72. The molecule has 4 rings (SSSR count). The number of rotatable bonds is 1. The van der Waals surface area contributed by atoms with E-state index in [4.69, 9.17) is 0 Å². The second-order valence-corrected chi connectivity index (χ2v) is 6.18. The number of hydrogen-bond acceptors (Lipinski definition) is 1. The Morgan fingerprint density at radius 2 is 1.85 bits per heavy atom. The van der Waals surface area contributed by atoms with Gasteiger partial charge in [0.1, 0.15) is 0 Å². The third-order valence-electron chi connectivity index (χ3n) is 5.42. The van der Waals surface area contributed by atoms with Crippen molar-refractivity contribution in [1.29, 1.82) is 0 Å². The van der Waals surface area contributed by atoms with Crippen molar-refractivity contribution in [1.82, 2.24) is 0 Å². The smallest absolute Gasteiger partial charge is 0.0490 e. The highest BCUT2D eigenvalue weighted by atomic mass is 16.3. The van der Waals surface area contributed by atoms with E-state index in [2.05, 4.69) is 13.8 Å². The molecule has 1 nitrogen and oxygen atoms in total. The fourth-order valence-corrected chi connectivity index (χ4v) is 4.87. The maximum Gasteiger partial charge on any atom is 0.0490 e. The van der Waals surface area contributed by atoms with E-state index in [1.54, 1.807) is 0 Å². The van der Waals surface area contributed by atoms with Gasteiger partial charge in [-0.1, -0.05) is 13.8 Å². The zero-order chi connectivity index (χ0) is 9.27. The van der Waals surface area contributed by atoms with E-state index < -0.39 is 0 Å². The first-order chi connectivity index (χ1) is 6.12. The molecular weight excluding hydrogens is 160 g/mol. The molecule has 4 aliphatic rings. The zero-order valence-electron chi connectivity index (χ0n) is 8.71. The first-order valence-electron chi connectivity index (χ1n) is 5.73. The van der Waals surface area contributed by atoms with Crippen molar-refractivity contribution in [3.05, 3.63) is 0 Å². The Morgan fingerprint density at radius 3 is 2.31 bits per heavy atom. The van der Waals surface area contributed by atoms with Gasteiger partial charge in [0.25, 0.3) is 0 Å². The van der Waals surface area contributed by atoms with Gasteiger partial charge in [0.15, 0.2) is 0 Å². The van der Waals surface area contributed by atoms with Gasteiger partial charge in [-0.3, -0.25) is 0 Å². The van der Waals surface area contributed by atoms with Crippen molar-refractivity contribution in [2.75, 3.05) is 6.61 Å². The summed E-state index contributed by atoms with van der Waals surface area (Å²) in [6.07, 6.45) is 5.40. The lowest BCUT2D eigenvalue weighted by molar-refractivity contribution is -0.00399. The SMILES string of the molecule is CC1(C)[C@@H]2C3CCC(CO)(CC3)[C@@H]21. The van der Waals surface area contributed by atoms with Crippen molar-refractivity contribution in [2.45, 2.75) is 39.5 Å². The van der Waals surface area contributed by atoms with Crippen molar-refractivity contribution in [3.63, 3.8) is 0 Å². The summed E-state index contributed by atoms with van der Waals surface area (Å²) in [5.74, 6) is 2.83. The third kappa shape index (κ3) is 0.782. The van der Waals surface area contributed by atoms with Crippen LogP contribution in [0, 0.1) is 28.6 Å². The van der Waals surface area contributed by atoms with Gasteiger partial charge in [0.2, 0.25) is 0 Å². The van der Waals surface area contributed by atoms with Crippen molar-refractivity contribution in [3.8, 4) is 0 Å². The first kappa shape index (κ1) is 8.28. The monoisotopic (exact) mass is 180 g/mol. The molecule has 4 fully saturated rings. The number of aliphatic hydroxyl groups excluding tert-OH is 1. The Bertz CT molecular complexity index is 236. The fourth-order valence-electron chi connectivity index (χ4n) is 4.87. The van der Waals surface area contributed by atoms with Crippen LogP contribution in [-0.4, -0.2) is 11.7 Å². The number of hydrogen-bond donors (Lipinski definition) is 1. The van der Waals surface area contributed by atoms with Crippen LogP contribution < -0.4 is 0 Å². The number of aliphatic hydroxyl groups is 1. The molecule has 13 heavy (non-hydrogen) atoms. The summed E-state index contributed by atoms with van der Waals surface area (Å²) >= 11 is 0. The van der Waals surface area contributed by atoms with E-state index in [9.17, 15) is 5.11 Å². The van der Waals surface area contributed by atoms with Crippen LogP contribution in [0.2, 0.25) is 0 Å². The van der Waals surface area contributed by atoms with E-state index >= 15 is 0 Å². The minimum absolute atomic E-state index is 0.350. The maximum atomic E-state index is 9.60. The molecule has 0 aromatic heterocycles. The minimum atomic E-state index is 0.350. The van der Waals surface area contributed by atoms with Gasteiger partial charge in [-0.15, -0.1) is 0 Å². The Labute approximate surface area is 80.5 Å². The Kier molecular flexibility index (Phi) is 1.36. The van der Waals surface area contributed by atoms with Crippen LogP contribution in [0.3, 0.4) is 0 Å². The van der Waals surface area contributed by atoms with E-state index in [-0.39, 0.29) is 0 Å². The summed E-state index contributed by atoms with van der Waals surface area (Å²) < 4.78 is 0. The van der Waals surface area contributed by atoms with Gasteiger partial charge in [-0.25, -0.2) is 0 Å². The largest absolute Gasteiger partial charge is 0.396 e. The molecule has 0 aromatic rings. The molecule has 1 heteroatoms. The predicted octanol–water partition coefficient (Wildman–Crippen LogP) is 2.44. The topological polar surface area (TPSA) is 20.2 Å². The van der Waals surface area contributed by atoms with Gasteiger partial charge < -0.3 is 5.11 Å². The molecule has 4 aliphatic carbocycles. The molecule has 0 heterocycles. The van der Waals surface area contributed by atoms with Gasteiger partial charge in [-0.05, 0) is 54.3 Å². The lowest BCUT2D eigenvalue weighted by Gasteiger charge is -2.45. The lowest BCUT2D eigenvalue weighted by atomic mass is 9.61. The molecule has 0 spiro atoms. The molecule has 1 N–H and O–H groups in total. The molecule has 0 radical (unpaired) electrons. The molecule has 0 saturated heterocycles. The molecular formula is C12H20O. The molecule has 0 unspecified atom stereocenters. The van der Waals surface area contributed by atoms with Crippen LogP contribution in [0.4, 0.5) is 0 Å². The average Bonchev–Trinajstić information content (AvgIpc) is 2.76. The first-order valence-corrected chi connectivity index (χ1v) is 5.73. The quantitative estimate of drug-likeness (QED) is 0.657. The van der Waals surface area contributed by atoms with Crippen molar-refractivity contribution < 1.29 is 5.11 Å². The lowest BCUT2D eigenvalue weighted by Crippen LogP contribution is -2.39. The molecule has 2 atom stereocenters. The second-order valence-electron chi connectivity index (χ2n) is 6.18. The van der Waals surface area contributed by atoms with Gasteiger partial charge in [-0.2, -0.15) is 0 Å². The van der Waals surface area contributed by atoms with Crippen molar-refractivity contribution in [2.24, 2.45) is 28.6 Å². The third-order valence-corrected chi connectivity index (χ3v) is 5.42. The van der Waals surface area contributed by atoms with E-state index in [1.165, 1.54) is 25.7 Å². The maximum absolute atomic E-state index is 9.60. The van der Waals surface area contributed by atoms with Crippen molar-refractivity contribution >= 4 is 0 Å². The van der Waals surface area contributed by atoms with Gasteiger partial charge in [0.05, 0.1) is 0 Å². The summed E-state index contributed by atoms with van der Waals surface area (Å²) in [6.45, 7) is 5.27. The highest BCUT2D eigenvalue weighted by Crippen LogP contribution is 2.77. The van der Waals surface area contributed by atoms with E-state index in [0.717, 1.165) is 17.8 Å². The molecule has 74 valence electrons. The van der Waals surface area contributed by atoms with Crippen LogP contribution in [0.15, 0.2) is 0 Å². The van der Waals surface area contributed by atoms with Gasteiger partial charge in [0, 0.05) is 6.61 Å². The molecule has 0 aromatic carbocycles. The highest BCUT2D eigenvalue weighted by molar-refractivity contribution is 5.20. The van der Waals surface area contributed by atoms with Crippen LogP contribution >= 0.6 is 0 Å². The summed E-state index contributed by atoms with van der Waals surface area (Å²) in [5, 5.41) is 9.60. The van der Waals surface area contributed by atoms with E-state index in [1.807, 2.05) is 0 Å². The van der Waals surface area contributed by atoms with Crippen LogP contribution in [0.25, 0.3) is 0 Å². The normalized spacial score (nSPS) is 56.1. The minimum Gasteiger partial charge on any atom is -0.396 e. The van der Waals surface area contributed by atoms with Crippen LogP contribution in [0.5, 0.6) is 0 Å². The van der Waals surface area contributed by atoms with Gasteiger partial charge >= 0.3 is 0 Å². The summed E-state index contributed by atoms with van der Waals surface area (Å²) in [4.78, 5) is 0. The molecule has 4 saturated carbocycles. The average molecular weight is 180 g/mol. The van der Waals surface area contributed by atoms with E-state index in [0.29, 0.717) is 17.4 Å². The standard InChI is InChI=1S/C12H20O/c1-11(2)9-8-3-5-12(7-13,6-4-8)10(9)11/h8-10,13H,3-7H2,1-2H3/t8?,9-,10+,12?/m1/s1.